The van der Waals surface area contributed by atoms with E-state index in [1.807, 2.05) is 18.2 Å². The molecule has 0 unspecified atom stereocenters. The zero-order chi connectivity index (χ0) is 11.3. The Kier molecular flexibility index (Phi) is 4.37. The second-order valence-corrected chi connectivity index (χ2v) is 3.73. The lowest BCUT2D eigenvalue weighted by Crippen LogP contribution is -1.99. The van der Waals surface area contributed by atoms with Crippen LogP contribution >= 0.6 is 0 Å². The number of aryl methyl sites for hydroxylation is 1. The molecule has 0 heterocycles. The summed E-state index contributed by atoms with van der Waals surface area (Å²) >= 11 is 0. The minimum Gasteiger partial charge on any atom is -0.250 e. The van der Waals surface area contributed by atoms with Gasteiger partial charge in [-0.25, -0.2) is 0 Å². The lowest BCUT2D eigenvalue weighted by Gasteiger charge is -2.10. The van der Waals surface area contributed by atoms with Crippen LogP contribution in [-0.4, -0.2) is 6.67 Å². The van der Waals surface area contributed by atoms with Crippen LogP contribution < -0.4 is 0 Å². The van der Waals surface area contributed by atoms with Gasteiger partial charge in [-0.15, -0.1) is 6.42 Å². The molecule has 1 aromatic rings. The zero-order valence-electron chi connectivity index (χ0n) is 9.31. The molecular formula is C14H16F. The topological polar surface area (TPSA) is 0 Å². The Morgan fingerprint density at radius 2 is 2.13 bits per heavy atom. The Hall–Kier alpha value is -1.29. The molecule has 0 aromatic heterocycles. The minimum absolute atomic E-state index is 0.417. The lowest BCUT2D eigenvalue weighted by molar-refractivity contribution is 0.516. The summed E-state index contributed by atoms with van der Waals surface area (Å²) in [5, 5.41) is 0. The standard InChI is InChI=1S/C14H16F/c1-4-6-13-7-12(5-2)8-14(9-13)11(3)10-15/h2,7-9H,4,6,10H2,1,3H3. The van der Waals surface area contributed by atoms with E-state index in [1.54, 1.807) is 6.92 Å². The van der Waals surface area contributed by atoms with Gasteiger partial charge in [0.1, 0.15) is 0 Å². The molecular weight excluding hydrogens is 187 g/mol. The number of halogens is 1. The number of hydrogen-bond acceptors (Lipinski definition) is 0. The van der Waals surface area contributed by atoms with Gasteiger partial charge < -0.3 is 0 Å². The highest BCUT2D eigenvalue weighted by Gasteiger charge is 2.07. The molecule has 0 saturated carbocycles. The van der Waals surface area contributed by atoms with Crippen LogP contribution in [0.1, 0.15) is 37.0 Å². The molecule has 1 rings (SSSR count). The van der Waals surface area contributed by atoms with Gasteiger partial charge in [-0.3, -0.25) is 4.39 Å². The van der Waals surface area contributed by atoms with Gasteiger partial charge in [0.2, 0.25) is 0 Å². The Morgan fingerprint density at radius 3 is 2.67 bits per heavy atom. The van der Waals surface area contributed by atoms with Crippen LogP contribution in [0.3, 0.4) is 0 Å². The SMILES string of the molecule is C#Cc1cc(CCC)cc([C](C)CF)c1. The number of benzene rings is 1. The van der Waals surface area contributed by atoms with E-state index in [2.05, 4.69) is 12.8 Å². The van der Waals surface area contributed by atoms with Crippen molar-refractivity contribution < 1.29 is 4.39 Å². The van der Waals surface area contributed by atoms with Gasteiger partial charge in [-0.1, -0.05) is 32.3 Å². The Morgan fingerprint density at radius 1 is 1.40 bits per heavy atom. The molecule has 79 valence electrons. The average molecular weight is 203 g/mol. The van der Waals surface area contributed by atoms with E-state index >= 15 is 0 Å². The van der Waals surface area contributed by atoms with Crippen LogP contribution in [0.4, 0.5) is 4.39 Å². The summed E-state index contributed by atoms with van der Waals surface area (Å²) in [6.07, 6.45) is 7.43. The highest BCUT2D eigenvalue weighted by molar-refractivity contribution is 5.44. The maximum absolute atomic E-state index is 12.5. The van der Waals surface area contributed by atoms with Gasteiger partial charge in [0, 0.05) is 11.5 Å². The first-order valence-electron chi connectivity index (χ1n) is 5.20. The minimum atomic E-state index is -0.417. The molecule has 15 heavy (non-hydrogen) atoms. The van der Waals surface area contributed by atoms with E-state index < -0.39 is 6.67 Å². The smallest absolute Gasteiger partial charge is 0.0997 e. The quantitative estimate of drug-likeness (QED) is 0.657. The van der Waals surface area contributed by atoms with Gasteiger partial charge >= 0.3 is 0 Å². The summed E-state index contributed by atoms with van der Waals surface area (Å²) in [6, 6.07) is 5.89. The van der Waals surface area contributed by atoms with Crippen molar-refractivity contribution in [3.63, 3.8) is 0 Å². The molecule has 1 heteroatoms. The van der Waals surface area contributed by atoms with E-state index in [1.165, 1.54) is 5.56 Å². The third-order valence-corrected chi connectivity index (χ3v) is 2.39. The van der Waals surface area contributed by atoms with Crippen molar-refractivity contribution in [2.24, 2.45) is 0 Å². The van der Waals surface area contributed by atoms with Crippen molar-refractivity contribution >= 4 is 0 Å². The Labute approximate surface area is 91.5 Å². The molecule has 0 aliphatic rings. The van der Waals surface area contributed by atoms with Gasteiger partial charge in [0.25, 0.3) is 0 Å². The van der Waals surface area contributed by atoms with Gasteiger partial charge in [-0.2, -0.15) is 0 Å². The molecule has 0 aliphatic heterocycles. The lowest BCUT2D eigenvalue weighted by atomic mass is 9.96. The highest BCUT2D eigenvalue weighted by atomic mass is 19.1. The summed E-state index contributed by atoms with van der Waals surface area (Å²) in [5.41, 5.74) is 2.95. The first kappa shape index (κ1) is 11.8. The van der Waals surface area contributed by atoms with Crippen LogP contribution in [0.15, 0.2) is 18.2 Å². The molecule has 0 fully saturated rings. The fourth-order valence-electron chi connectivity index (χ4n) is 1.53. The number of hydrogen-bond donors (Lipinski definition) is 0. The fraction of sp³-hybridized carbons (Fsp3) is 0.357. The summed E-state index contributed by atoms with van der Waals surface area (Å²) < 4.78 is 12.5. The zero-order valence-corrected chi connectivity index (χ0v) is 9.31. The van der Waals surface area contributed by atoms with E-state index in [0.29, 0.717) is 0 Å². The van der Waals surface area contributed by atoms with E-state index in [0.717, 1.165) is 29.9 Å². The van der Waals surface area contributed by atoms with Gasteiger partial charge in [0.05, 0.1) is 6.67 Å². The van der Waals surface area contributed by atoms with Crippen molar-refractivity contribution in [2.45, 2.75) is 26.7 Å². The molecule has 0 aliphatic carbocycles. The molecule has 0 saturated heterocycles. The van der Waals surface area contributed by atoms with Crippen molar-refractivity contribution in [1.82, 2.24) is 0 Å². The fourth-order valence-corrected chi connectivity index (χ4v) is 1.53. The maximum Gasteiger partial charge on any atom is 0.0997 e. The predicted molar refractivity (Wildman–Crippen MR) is 62.4 cm³/mol. The Bertz CT molecular complexity index is 360. The van der Waals surface area contributed by atoms with E-state index in [-0.39, 0.29) is 0 Å². The first-order chi connectivity index (χ1) is 7.21. The summed E-state index contributed by atoms with van der Waals surface area (Å²) in [7, 11) is 0. The van der Waals surface area contributed by atoms with Crippen molar-refractivity contribution in [2.75, 3.05) is 6.67 Å². The average Bonchev–Trinajstić information content (AvgIpc) is 2.28. The third kappa shape index (κ3) is 3.09. The van der Waals surface area contributed by atoms with Crippen LogP contribution in [0.25, 0.3) is 0 Å². The van der Waals surface area contributed by atoms with Crippen LogP contribution in [0.2, 0.25) is 0 Å². The summed E-state index contributed by atoms with van der Waals surface area (Å²) in [5.74, 6) is 3.35. The largest absolute Gasteiger partial charge is 0.250 e. The molecule has 0 N–H and O–H groups in total. The number of alkyl halides is 1. The normalized spacial score (nSPS) is 10.3. The molecule has 1 aromatic carbocycles. The maximum atomic E-state index is 12.5. The van der Waals surface area contributed by atoms with Crippen molar-refractivity contribution in [3.05, 3.63) is 40.8 Å². The Balaban J connectivity index is 3.06. The van der Waals surface area contributed by atoms with Crippen LogP contribution in [-0.2, 0) is 6.42 Å². The molecule has 0 amide bonds. The summed E-state index contributed by atoms with van der Waals surface area (Å²) in [6.45, 7) is 3.50. The molecule has 0 nitrogen and oxygen atoms in total. The van der Waals surface area contributed by atoms with Gasteiger partial charge in [-0.05, 0) is 29.7 Å². The van der Waals surface area contributed by atoms with Crippen LogP contribution in [0.5, 0.6) is 0 Å². The second kappa shape index (κ2) is 5.56. The second-order valence-electron chi connectivity index (χ2n) is 3.73. The van der Waals surface area contributed by atoms with Gasteiger partial charge in [0.15, 0.2) is 0 Å². The van der Waals surface area contributed by atoms with Crippen molar-refractivity contribution in [1.29, 1.82) is 0 Å². The number of terminal acetylenes is 1. The highest BCUT2D eigenvalue weighted by Crippen LogP contribution is 2.19. The van der Waals surface area contributed by atoms with E-state index in [4.69, 9.17) is 6.42 Å². The molecule has 0 spiro atoms. The summed E-state index contributed by atoms with van der Waals surface area (Å²) in [4.78, 5) is 0. The molecule has 1 radical (unpaired) electrons. The number of rotatable bonds is 4. The van der Waals surface area contributed by atoms with Crippen LogP contribution in [0, 0.1) is 18.3 Å². The third-order valence-electron chi connectivity index (χ3n) is 2.39. The first-order valence-corrected chi connectivity index (χ1v) is 5.20. The predicted octanol–water partition coefficient (Wildman–Crippen LogP) is 3.53. The monoisotopic (exact) mass is 203 g/mol. The van der Waals surface area contributed by atoms with Crippen molar-refractivity contribution in [3.8, 4) is 12.3 Å². The molecule has 0 bridgehead atoms. The molecule has 0 atom stereocenters. The van der Waals surface area contributed by atoms with E-state index in [9.17, 15) is 4.39 Å².